The van der Waals surface area contributed by atoms with Crippen molar-refractivity contribution in [1.29, 1.82) is 0 Å². The molecule has 0 N–H and O–H groups in total. The zero-order valence-corrected chi connectivity index (χ0v) is 11.6. The summed E-state index contributed by atoms with van der Waals surface area (Å²) in [6.07, 6.45) is 2.28. The number of carbonyl (C=O) groups is 3. The van der Waals surface area contributed by atoms with E-state index in [0.29, 0.717) is 19.3 Å². The van der Waals surface area contributed by atoms with E-state index in [1.165, 1.54) is 6.92 Å². The third-order valence-corrected chi connectivity index (χ3v) is 3.27. The largest absolute Gasteiger partial charge is 0.300 e. The van der Waals surface area contributed by atoms with Crippen molar-refractivity contribution in [2.45, 2.75) is 60.3 Å². The smallest absolute Gasteiger partial charge is 0.139 e. The number of hydrogen-bond donors (Lipinski definition) is 0. The summed E-state index contributed by atoms with van der Waals surface area (Å²) < 4.78 is 0. The third-order valence-electron chi connectivity index (χ3n) is 3.27. The zero-order valence-electron chi connectivity index (χ0n) is 11.6. The van der Waals surface area contributed by atoms with Gasteiger partial charge in [0.2, 0.25) is 0 Å². The van der Waals surface area contributed by atoms with Crippen LogP contribution in [-0.2, 0) is 14.4 Å². The van der Waals surface area contributed by atoms with Gasteiger partial charge in [-0.3, -0.25) is 9.59 Å². The van der Waals surface area contributed by atoms with Gasteiger partial charge in [0.15, 0.2) is 0 Å². The highest BCUT2D eigenvalue weighted by molar-refractivity contribution is 5.89. The highest BCUT2D eigenvalue weighted by Gasteiger charge is 2.28. The van der Waals surface area contributed by atoms with E-state index in [1.54, 1.807) is 13.8 Å². The summed E-state index contributed by atoms with van der Waals surface area (Å²) >= 11 is 0. The Bertz CT molecular complexity index is 303. The molecule has 0 aliphatic rings. The monoisotopic (exact) mass is 240 g/mol. The average Bonchev–Trinajstić information content (AvgIpc) is 2.16. The van der Waals surface area contributed by atoms with Gasteiger partial charge >= 0.3 is 0 Å². The summed E-state index contributed by atoms with van der Waals surface area (Å²) in [7, 11) is 0. The van der Waals surface area contributed by atoms with Crippen LogP contribution >= 0.6 is 0 Å². The maximum absolute atomic E-state index is 12.0. The maximum atomic E-state index is 12.0. The summed E-state index contributed by atoms with van der Waals surface area (Å²) in [4.78, 5) is 34.0. The minimum absolute atomic E-state index is 0.0536. The minimum Gasteiger partial charge on any atom is -0.300 e. The molecule has 0 aromatic heterocycles. The Kier molecular flexibility index (Phi) is 6.29. The van der Waals surface area contributed by atoms with E-state index in [0.717, 1.165) is 6.42 Å². The second-order valence-corrected chi connectivity index (χ2v) is 5.58. The first-order valence-electron chi connectivity index (χ1n) is 6.20. The van der Waals surface area contributed by atoms with Crippen molar-refractivity contribution in [3.05, 3.63) is 0 Å². The van der Waals surface area contributed by atoms with Crippen LogP contribution in [0.5, 0.6) is 0 Å². The van der Waals surface area contributed by atoms with Gasteiger partial charge in [-0.25, -0.2) is 0 Å². The van der Waals surface area contributed by atoms with Gasteiger partial charge in [0.25, 0.3) is 0 Å². The van der Waals surface area contributed by atoms with E-state index in [-0.39, 0.29) is 23.3 Å². The first kappa shape index (κ1) is 16.0. The SMILES string of the molecule is CC(=O)CCCC(C)(C)C(=O)CC(C)C(C)=O. The summed E-state index contributed by atoms with van der Waals surface area (Å²) in [5.41, 5.74) is -0.431. The van der Waals surface area contributed by atoms with Gasteiger partial charge in [0, 0.05) is 24.2 Å². The maximum Gasteiger partial charge on any atom is 0.139 e. The van der Waals surface area contributed by atoms with Gasteiger partial charge in [0.05, 0.1) is 0 Å². The molecule has 0 aliphatic carbocycles. The third kappa shape index (κ3) is 6.35. The van der Waals surface area contributed by atoms with Crippen molar-refractivity contribution in [3.8, 4) is 0 Å². The molecule has 1 atom stereocenters. The molecule has 3 heteroatoms. The van der Waals surface area contributed by atoms with Crippen molar-refractivity contribution >= 4 is 17.3 Å². The van der Waals surface area contributed by atoms with Crippen LogP contribution < -0.4 is 0 Å². The van der Waals surface area contributed by atoms with E-state index in [1.807, 2.05) is 13.8 Å². The van der Waals surface area contributed by atoms with Gasteiger partial charge < -0.3 is 4.79 Å². The van der Waals surface area contributed by atoms with Crippen LogP contribution in [0.3, 0.4) is 0 Å². The predicted octanol–water partition coefficient (Wildman–Crippen LogP) is 2.96. The molecule has 98 valence electrons. The predicted molar refractivity (Wildman–Crippen MR) is 67.8 cm³/mol. The number of Topliss-reactive ketones (excluding diaryl/α,β-unsaturated/α-hetero) is 3. The molecule has 0 heterocycles. The lowest BCUT2D eigenvalue weighted by Crippen LogP contribution is -2.27. The molecular weight excluding hydrogens is 216 g/mol. The Balaban J connectivity index is 4.24. The summed E-state index contributed by atoms with van der Waals surface area (Å²) in [5.74, 6) is 0.126. The lowest BCUT2D eigenvalue weighted by Gasteiger charge is -2.24. The van der Waals surface area contributed by atoms with E-state index in [4.69, 9.17) is 0 Å². The van der Waals surface area contributed by atoms with E-state index in [2.05, 4.69) is 0 Å². The van der Waals surface area contributed by atoms with Gasteiger partial charge in [-0.1, -0.05) is 20.8 Å². The standard InChI is InChI=1S/C14H24O3/c1-10(12(3)16)9-13(17)14(4,5)8-6-7-11(2)15/h10H,6-9H2,1-5H3. The van der Waals surface area contributed by atoms with Crippen LogP contribution in [0.25, 0.3) is 0 Å². The average molecular weight is 240 g/mol. The lowest BCUT2D eigenvalue weighted by molar-refractivity contribution is -0.131. The molecule has 0 aromatic carbocycles. The highest BCUT2D eigenvalue weighted by atomic mass is 16.1. The molecule has 17 heavy (non-hydrogen) atoms. The molecule has 0 aromatic rings. The molecule has 0 radical (unpaired) electrons. The van der Waals surface area contributed by atoms with Crippen molar-refractivity contribution in [2.75, 3.05) is 0 Å². The van der Waals surface area contributed by atoms with E-state index in [9.17, 15) is 14.4 Å². The molecule has 0 fully saturated rings. The van der Waals surface area contributed by atoms with Crippen LogP contribution in [0.2, 0.25) is 0 Å². The minimum atomic E-state index is -0.431. The first-order valence-corrected chi connectivity index (χ1v) is 6.20. The zero-order chi connectivity index (χ0) is 13.6. The number of hydrogen-bond acceptors (Lipinski definition) is 3. The quantitative estimate of drug-likeness (QED) is 0.655. The van der Waals surface area contributed by atoms with Gasteiger partial charge in [-0.2, -0.15) is 0 Å². The molecular formula is C14H24O3. The molecule has 0 aliphatic heterocycles. The number of rotatable bonds is 8. The number of ketones is 3. The van der Waals surface area contributed by atoms with Gasteiger partial charge in [0.1, 0.15) is 17.3 Å². The van der Waals surface area contributed by atoms with Crippen molar-refractivity contribution in [2.24, 2.45) is 11.3 Å². The summed E-state index contributed by atoms with van der Waals surface area (Å²) in [6, 6.07) is 0. The molecule has 0 spiro atoms. The van der Waals surface area contributed by atoms with Crippen LogP contribution in [0.4, 0.5) is 0 Å². The summed E-state index contributed by atoms with van der Waals surface area (Å²) in [6.45, 7) is 8.64. The molecule has 3 nitrogen and oxygen atoms in total. The fourth-order valence-electron chi connectivity index (χ4n) is 1.62. The fraction of sp³-hybridized carbons (Fsp3) is 0.786. The summed E-state index contributed by atoms with van der Waals surface area (Å²) in [5, 5.41) is 0. The molecule has 0 amide bonds. The Morgan fingerprint density at radius 1 is 1.12 bits per heavy atom. The second kappa shape index (κ2) is 6.67. The number of carbonyl (C=O) groups excluding carboxylic acids is 3. The highest BCUT2D eigenvalue weighted by Crippen LogP contribution is 2.27. The van der Waals surface area contributed by atoms with Crippen LogP contribution in [0.1, 0.15) is 60.3 Å². The van der Waals surface area contributed by atoms with Crippen LogP contribution in [0, 0.1) is 11.3 Å². The Morgan fingerprint density at radius 3 is 2.06 bits per heavy atom. The van der Waals surface area contributed by atoms with Crippen molar-refractivity contribution in [3.63, 3.8) is 0 Å². The second-order valence-electron chi connectivity index (χ2n) is 5.58. The molecule has 1 unspecified atom stereocenters. The molecule has 0 saturated carbocycles. The first-order chi connectivity index (χ1) is 7.66. The lowest BCUT2D eigenvalue weighted by atomic mass is 9.79. The van der Waals surface area contributed by atoms with E-state index >= 15 is 0 Å². The molecule has 0 saturated heterocycles. The van der Waals surface area contributed by atoms with Crippen molar-refractivity contribution < 1.29 is 14.4 Å². The van der Waals surface area contributed by atoms with E-state index < -0.39 is 5.41 Å². The molecule has 0 rings (SSSR count). The Morgan fingerprint density at radius 2 is 1.65 bits per heavy atom. The van der Waals surface area contributed by atoms with Crippen molar-refractivity contribution in [1.82, 2.24) is 0 Å². The normalized spacial score (nSPS) is 13.2. The van der Waals surface area contributed by atoms with Crippen LogP contribution in [0.15, 0.2) is 0 Å². The van der Waals surface area contributed by atoms with Gasteiger partial charge in [-0.15, -0.1) is 0 Å². The Labute approximate surface area is 104 Å². The van der Waals surface area contributed by atoms with Crippen LogP contribution in [-0.4, -0.2) is 17.3 Å². The molecule has 0 bridgehead atoms. The topological polar surface area (TPSA) is 51.2 Å². The van der Waals surface area contributed by atoms with Gasteiger partial charge in [-0.05, 0) is 26.7 Å². The Hall–Kier alpha value is -0.990. The fourth-order valence-corrected chi connectivity index (χ4v) is 1.62.